The van der Waals surface area contributed by atoms with Crippen LogP contribution in [0.1, 0.15) is 46.0 Å². The van der Waals surface area contributed by atoms with E-state index >= 15 is 0 Å². The molecule has 8 nitrogen and oxygen atoms in total. The summed E-state index contributed by atoms with van der Waals surface area (Å²) in [5.41, 5.74) is 0.774. The van der Waals surface area contributed by atoms with Crippen molar-refractivity contribution in [3.63, 3.8) is 0 Å². The first-order valence-corrected chi connectivity index (χ1v) is 12.5. The summed E-state index contributed by atoms with van der Waals surface area (Å²) in [6, 6.07) is 4.61. The Kier molecular flexibility index (Phi) is 6.00. The van der Waals surface area contributed by atoms with Gasteiger partial charge in [-0.25, -0.2) is 13.2 Å². The molecule has 2 heterocycles. The van der Waals surface area contributed by atoms with Crippen molar-refractivity contribution in [1.29, 1.82) is 0 Å². The molecule has 4 atom stereocenters. The molecule has 0 radical (unpaired) electrons. The van der Waals surface area contributed by atoms with Crippen molar-refractivity contribution in [2.24, 2.45) is 24.8 Å². The maximum absolute atomic E-state index is 13.2. The molecule has 2 fully saturated rings. The lowest BCUT2D eigenvalue weighted by atomic mass is 9.78. The average Bonchev–Trinajstić information content (AvgIpc) is 3.04. The quantitative estimate of drug-likeness (QED) is 0.773. The maximum atomic E-state index is 13.2. The molecule has 1 N–H and O–H groups in total. The Hall–Kier alpha value is -2.13. The van der Waals surface area contributed by atoms with Gasteiger partial charge >= 0.3 is 5.76 Å². The maximum Gasteiger partial charge on any atom is 0.419 e. The van der Waals surface area contributed by atoms with E-state index in [1.165, 1.54) is 27.4 Å². The largest absolute Gasteiger partial charge is 0.419 e. The Morgan fingerprint density at radius 3 is 2.71 bits per heavy atom. The van der Waals surface area contributed by atoms with E-state index in [-0.39, 0.29) is 34.9 Å². The summed E-state index contributed by atoms with van der Waals surface area (Å²) >= 11 is 0. The highest BCUT2D eigenvalue weighted by molar-refractivity contribution is 7.89. The third kappa shape index (κ3) is 4.17. The number of piperidine rings is 1. The van der Waals surface area contributed by atoms with Gasteiger partial charge in [-0.3, -0.25) is 9.36 Å². The molecule has 1 aliphatic heterocycles. The number of aryl methyl sites for hydroxylation is 1. The zero-order valence-corrected chi connectivity index (χ0v) is 19.2. The third-order valence-electron chi connectivity index (χ3n) is 7.19. The highest BCUT2D eigenvalue weighted by atomic mass is 32.2. The zero-order valence-electron chi connectivity index (χ0n) is 18.3. The Morgan fingerprint density at radius 1 is 1.16 bits per heavy atom. The predicted octanol–water partition coefficient (Wildman–Crippen LogP) is 2.47. The topological polar surface area (TPSA) is 102 Å². The van der Waals surface area contributed by atoms with Crippen LogP contribution in [-0.4, -0.2) is 42.3 Å². The first-order chi connectivity index (χ1) is 14.7. The minimum Gasteiger partial charge on any atom is -0.408 e. The molecule has 2 aliphatic rings. The SMILES string of the molecule is CC1CCCC(NC(=O)C2CCCN(S(=O)(=O)c3ccc4c(c3)oc(=O)n4C)C2)C1C. The highest BCUT2D eigenvalue weighted by Gasteiger charge is 2.36. The molecule has 170 valence electrons. The molecule has 1 saturated heterocycles. The van der Waals surface area contributed by atoms with Gasteiger partial charge in [0.25, 0.3) is 0 Å². The Balaban J connectivity index is 1.49. The van der Waals surface area contributed by atoms with Gasteiger partial charge in [-0.05, 0) is 43.2 Å². The van der Waals surface area contributed by atoms with Crippen molar-refractivity contribution in [3.05, 3.63) is 28.7 Å². The monoisotopic (exact) mass is 449 g/mol. The van der Waals surface area contributed by atoms with Gasteiger partial charge in [0.1, 0.15) is 0 Å². The molecule has 1 amide bonds. The molecule has 0 spiro atoms. The van der Waals surface area contributed by atoms with Crippen molar-refractivity contribution in [2.75, 3.05) is 13.1 Å². The highest BCUT2D eigenvalue weighted by Crippen LogP contribution is 2.31. The molecule has 1 aromatic carbocycles. The summed E-state index contributed by atoms with van der Waals surface area (Å²) in [5.74, 6) is 0.0656. The fourth-order valence-electron chi connectivity index (χ4n) is 4.88. The number of carbonyl (C=O) groups is 1. The van der Waals surface area contributed by atoms with Crippen LogP contribution < -0.4 is 11.1 Å². The Labute approximate surface area is 182 Å². The lowest BCUT2D eigenvalue weighted by molar-refractivity contribution is -0.127. The number of oxazole rings is 1. The zero-order chi connectivity index (χ0) is 22.3. The Bertz CT molecular complexity index is 1140. The van der Waals surface area contributed by atoms with Crippen LogP contribution in [0.25, 0.3) is 11.1 Å². The predicted molar refractivity (Wildman–Crippen MR) is 117 cm³/mol. The van der Waals surface area contributed by atoms with Crippen molar-refractivity contribution in [2.45, 2.75) is 56.9 Å². The normalized spacial score (nSPS) is 28.0. The number of rotatable bonds is 4. The second kappa shape index (κ2) is 8.43. The van der Waals surface area contributed by atoms with E-state index in [2.05, 4.69) is 19.2 Å². The van der Waals surface area contributed by atoms with Crippen LogP contribution in [0.15, 0.2) is 32.3 Å². The van der Waals surface area contributed by atoms with Gasteiger partial charge < -0.3 is 9.73 Å². The molecule has 1 saturated carbocycles. The average molecular weight is 450 g/mol. The number of sulfonamides is 1. The standard InChI is InChI=1S/C22H31N3O5S/c1-14-6-4-8-18(15(14)2)23-21(26)16-7-5-11-25(13-16)31(28,29)17-9-10-19-20(12-17)30-22(27)24(19)3/h9-10,12,14-16,18H,4-8,11,13H2,1-3H3,(H,23,26). The number of benzene rings is 1. The molecule has 1 aliphatic carbocycles. The van der Waals surface area contributed by atoms with E-state index in [1.54, 1.807) is 13.1 Å². The number of hydrogen-bond acceptors (Lipinski definition) is 5. The summed E-state index contributed by atoms with van der Waals surface area (Å²) < 4.78 is 34.3. The molecular formula is C22H31N3O5S. The molecule has 2 aromatic rings. The number of amides is 1. The van der Waals surface area contributed by atoms with E-state index < -0.39 is 15.8 Å². The smallest absolute Gasteiger partial charge is 0.408 e. The van der Waals surface area contributed by atoms with Crippen LogP contribution in [0.3, 0.4) is 0 Å². The van der Waals surface area contributed by atoms with E-state index in [1.807, 2.05) is 0 Å². The second-order valence-corrected chi connectivity index (χ2v) is 11.1. The van der Waals surface area contributed by atoms with Crippen LogP contribution in [0.5, 0.6) is 0 Å². The fourth-order valence-corrected chi connectivity index (χ4v) is 6.42. The number of nitrogens with one attached hydrogen (secondary N) is 1. The van der Waals surface area contributed by atoms with Gasteiger partial charge in [-0.2, -0.15) is 4.31 Å². The van der Waals surface area contributed by atoms with Gasteiger partial charge in [-0.15, -0.1) is 0 Å². The summed E-state index contributed by atoms with van der Waals surface area (Å²) in [7, 11) is -2.22. The van der Waals surface area contributed by atoms with Crippen molar-refractivity contribution in [1.82, 2.24) is 14.2 Å². The van der Waals surface area contributed by atoms with Crippen LogP contribution in [-0.2, 0) is 21.9 Å². The lowest BCUT2D eigenvalue weighted by Crippen LogP contribution is -2.50. The van der Waals surface area contributed by atoms with Crippen LogP contribution in [0, 0.1) is 17.8 Å². The van der Waals surface area contributed by atoms with Gasteiger partial charge in [0, 0.05) is 32.2 Å². The molecule has 4 unspecified atom stereocenters. The molecule has 9 heteroatoms. The molecule has 0 bridgehead atoms. The van der Waals surface area contributed by atoms with Crippen molar-refractivity contribution < 1.29 is 17.6 Å². The summed E-state index contributed by atoms with van der Waals surface area (Å²) in [4.78, 5) is 24.7. The molecular weight excluding hydrogens is 418 g/mol. The minimum absolute atomic E-state index is 0.0460. The fraction of sp³-hybridized carbons (Fsp3) is 0.636. The summed E-state index contributed by atoms with van der Waals surface area (Å²) in [6.07, 6.45) is 4.60. The van der Waals surface area contributed by atoms with Gasteiger partial charge in [-0.1, -0.05) is 26.7 Å². The number of fused-ring (bicyclic) bond motifs is 1. The first kappa shape index (κ1) is 22.1. The third-order valence-corrected chi connectivity index (χ3v) is 9.05. The molecule has 31 heavy (non-hydrogen) atoms. The van der Waals surface area contributed by atoms with Gasteiger partial charge in [0.15, 0.2) is 5.58 Å². The summed E-state index contributed by atoms with van der Waals surface area (Å²) in [5, 5.41) is 3.20. The number of aromatic nitrogens is 1. The summed E-state index contributed by atoms with van der Waals surface area (Å²) in [6.45, 7) is 4.95. The second-order valence-electron chi connectivity index (χ2n) is 9.14. The van der Waals surface area contributed by atoms with Crippen molar-refractivity contribution in [3.8, 4) is 0 Å². The van der Waals surface area contributed by atoms with Crippen molar-refractivity contribution >= 4 is 27.0 Å². The van der Waals surface area contributed by atoms with Gasteiger partial charge in [0.2, 0.25) is 15.9 Å². The lowest BCUT2D eigenvalue weighted by Gasteiger charge is -2.37. The number of carbonyl (C=O) groups excluding carboxylic acids is 1. The van der Waals surface area contributed by atoms with E-state index in [9.17, 15) is 18.0 Å². The Morgan fingerprint density at radius 2 is 1.94 bits per heavy atom. The van der Waals surface area contributed by atoms with Crippen LogP contribution in [0.2, 0.25) is 0 Å². The number of hydrogen-bond donors (Lipinski definition) is 1. The number of nitrogens with zero attached hydrogens (tertiary/aromatic N) is 2. The van der Waals surface area contributed by atoms with Gasteiger partial charge in [0.05, 0.1) is 16.3 Å². The van der Waals surface area contributed by atoms with Crippen LogP contribution >= 0.6 is 0 Å². The molecule has 4 rings (SSSR count). The first-order valence-electron chi connectivity index (χ1n) is 11.1. The molecule has 1 aromatic heterocycles. The van der Waals surface area contributed by atoms with E-state index in [0.29, 0.717) is 36.7 Å². The minimum atomic E-state index is -3.79. The van der Waals surface area contributed by atoms with E-state index in [0.717, 1.165) is 12.8 Å². The van der Waals surface area contributed by atoms with Crippen LogP contribution in [0.4, 0.5) is 0 Å². The van der Waals surface area contributed by atoms with E-state index in [4.69, 9.17) is 4.42 Å².